The molecule has 0 spiro atoms. The van der Waals surface area contributed by atoms with Crippen LogP contribution in [0.1, 0.15) is 19.3 Å². The van der Waals surface area contributed by atoms with Gasteiger partial charge in [0, 0.05) is 22.2 Å². The lowest BCUT2D eigenvalue weighted by atomic mass is 10.2. The Morgan fingerprint density at radius 1 is 0.794 bits per heavy atom. The van der Waals surface area contributed by atoms with Crippen molar-refractivity contribution in [2.45, 2.75) is 0 Å². The molecule has 4 aromatic rings. The largest absolute Gasteiger partial charge is 0.495 e. The molecule has 0 radical (unpaired) electrons. The molecule has 0 fully saturated rings. The third kappa shape index (κ3) is 4.45. The van der Waals surface area contributed by atoms with E-state index < -0.39 is 11.8 Å². The molecule has 0 unspecified atom stereocenters. The molecule has 2 amide bonds. The van der Waals surface area contributed by atoms with E-state index in [9.17, 15) is 9.59 Å². The lowest BCUT2D eigenvalue weighted by Crippen LogP contribution is -2.14. The van der Waals surface area contributed by atoms with Crippen LogP contribution in [-0.4, -0.2) is 26.0 Å². The minimum absolute atomic E-state index is 0.197. The maximum absolute atomic E-state index is 12.9. The Kier molecular flexibility index (Phi) is 6.76. The smallest absolute Gasteiger partial charge is 0.268 e. The van der Waals surface area contributed by atoms with Crippen LogP contribution in [0, 0.1) is 0 Å². The molecule has 2 heterocycles. The summed E-state index contributed by atoms with van der Waals surface area (Å²) in [5.41, 5.74) is 13.8. The standard InChI is InChI=1S/C22H18Cl2N4O4S2/c1-31-13-7-9(23)3-5-11(13)27-20(29)18-16(25)15-17(26)19(34-22(15)33-18)21(30)28-12-6-4-10(24)8-14(12)32-2/h3-8H,25-26H2,1-2H3,(H,27,29)(H,28,30). The van der Waals surface area contributed by atoms with Gasteiger partial charge in [-0.25, -0.2) is 0 Å². The van der Waals surface area contributed by atoms with E-state index in [1.807, 2.05) is 0 Å². The number of methoxy groups -OCH3 is 2. The molecule has 0 saturated heterocycles. The minimum Gasteiger partial charge on any atom is -0.495 e. The Bertz CT molecular complexity index is 1330. The SMILES string of the molecule is COc1cc(Cl)ccc1NC(=O)c1sc2sc(C(=O)Nc3ccc(Cl)cc3OC)c(N)c2c1N. The predicted octanol–water partition coefficient (Wildman–Crippen LogP) is 5.96. The van der Waals surface area contributed by atoms with Crippen LogP contribution in [0.25, 0.3) is 9.40 Å². The Morgan fingerprint density at radius 2 is 1.21 bits per heavy atom. The Labute approximate surface area is 212 Å². The van der Waals surface area contributed by atoms with Gasteiger partial charge in [0.15, 0.2) is 0 Å². The van der Waals surface area contributed by atoms with E-state index >= 15 is 0 Å². The topological polar surface area (TPSA) is 129 Å². The Balaban J connectivity index is 1.61. The summed E-state index contributed by atoms with van der Waals surface area (Å²) in [7, 11) is 2.95. The summed E-state index contributed by atoms with van der Waals surface area (Å²) in [6.07, 6.45) is 0. The number of halogens is 2. The fourth-order valence-corrected chi connectivity index (χ4v) is 5.96. The molecule has 0 aliphatic heterocycles. The van der Waals surface area contributed by atoms with Crippen molar-refractivity contribution in [1.82, 2.24) is 0 Å². The first-order valence-electron chi connectivity index (χ1n) is 9.63. The van der Waals surface area contributed by atoms with Crippen molar-refractivity contribution < 1.29 is 19.1 Å². The van der Waals surface area contributed by atoms with Crippen LogP contribution in [0.2, 0.25) is 10.0 Å². The number of anilines is 4. The molecule has 0 bridgehead atoms. The first-order chi connectivity index (χ1) is 16.2. The molecule has 2 aromatic heterocycles. The summed E-state index contributed by atoms with van der Waals surface area (Å²) in [5, 5.41) is 6.96. The summed E-state index contributed by atoms with van der Waals surface area (Å²) >= 11 is 14.3. The highest BCUT2D eigenvalue weighted by Gasteiger charge is 2.25. The average molecular weight is 537 g/mol. The van der Waals surface area contributed by atoms with Gasteiger partial charge in [-0.05, 0) is 24.3 Å². The van der Waals surface area contributed by atoms with Crippen molar-refractivity contribution in [3.63, 3.8) is 0 Å². The van der Waals surface area contributed by atoms with Crippen molar-refractivity contribution in [1.29, 1.82) is 0 Å². The molecule has 176 valence electrons. The molecule has 8 nitrogen and oxygen atoms in total. The zero-order valence-electron chi connectivity index (χ0n) is 17.8. The second-order valence-corrected chi connectivity index (χ2v) is 10.1. The van der Waals surface area contributed by atoms with E-state index in [2.05, 4.69) is 10.6 Å². The number of nitrogens with one attached hydrogen (secondary N) is 2. The Morgan fingerprint density at radius 3 is 1.56 bits per heavy atom. The number of fused-ring (bicyclic) bond motifs is 1. The van der Waals surface area contributed by atoms with Crippen molar-refractivity contribution in [2.75, 3.05) is 36.3 Å². The first-order valence-corrected chi connectivity index (χ1v) is 12.0. The predicted molar refractivity (Wildman–Crippen MR) is 140 cm³/mol. The highest BCUT2D eigenvalue weighted by molar-refractivity contribution is 7.40. The molecule has 2 aromatic carbocycles. The number of carbonyl (C=O) groups is 2. The van der Waals surface area contributed by atoms with E-state index in [1.54, 1.807) is 36.4 Å². The van der Waals surface area contributed by atoms with Crippen LogP contribution in [0.15, 0.2) is 36.4 Å². The fourth-order valence-electron chi connectivity index (χ4n) is 3.24. The van der Waals surface area contributed by atoms with Gasteiger partial charge in [0.25, 0.3) is 11.8 Å². The van der Waals surface area contributed by atoms with Crippen molar-refractivity contribution in [3.8, 4) is 11.5 Å². The van der Waals surface area contributed by atoms with Gasteiger partial charge < -0.3 is 31.6 Å². The van der Waals surface area contributed by atoms with Gasteiger partial charge >= 0.3 is 0 Å². The van der Waals surface area contributed by atoms with Gasteiger partial charge in [0.2, 0.25) is 0 Å². The molecule has 6 N–H and O–H groups in total. The Hall–Kier alpha value is -3.18. The summed E-state index contributed by atoms with van der Waals surface area (Å²) in [6, 6.07) is 9.71. The third-order valence-electron chi connectivity index (χ3n) is 4.86. The van der Waals surface area contributed by atoms with Gasteiger partial charge in [-0.1, -0.05) is 23.2 Å². The van der Waals surface area contributed by atoms with Crippen molar-refractivity contribution >= 4 is 89.8 Å². The van der Waals surface area contributed by atoms with E-state index in [4.69, 9.17) is 44.1 Å². The monoisotopic (exact) mass is 536 g/mol. The normalized spacial score (nSPS) is 10.8. The minimum atomic E-state index is -0.428. The number of nitrogen functional groups attached to an aromatic ring is 2. The first kappa shape index (κ1) is 24.0. The number of thiophene rings is 2. The molecule has 0 aliphatic rings. The fraction of sp³-hybridized carbons (Fsp3) is 0.0909. The van der Waals surface area contributed by atoms with E-state index in [0.717, 1.165) is 22.7 Å². The van der Waals surface area contributed by atoms with E-state index in [0.29, 0.717) is 42.3 Å². The van der Waals surface area contributed by atoms with Crippen LogP contribution in [0.5, 0.6) is 11.5 Å². The summed E-state index contributed by atoms with van der Waals surface area (Å²) in [6.45, 7) is 0. The van der Waals surface area contributed by atoms with Crippen molar-refractivity contribution in [2.24, 2.45) is 0 Å². The highest BCUT2D eigenvalue weighted by Crippen LogP contribution is 2.45. The second-order valence-electron chi connectivity index (χ2n) is 6.95. The number of carbonyl (C=O) groups excluding carboxylic acids is 2. The quantitative estimate of drug-likeness (QED) is 0.240. The summed E-state index contributed by atoms with van der Waals surface area (Å²) in [4.78, 5) is 26.4. The van der Waals surface area contributed by atoms with Crippen molar-refractivity contribution in [3.05, 3.63) is 56.2 Å². The summed E-state index contributed by atoms with van der Waals surface area (Å²) in [5.74, 6) is -0.0339. The number of rotatable bonds is 6. The molecule has 4 rings (SSSR count). The third-order valence-corrected chi connectivity index (χ3v) is 7.83. The van der Waals surface area contributed by atoms with Gasteiger partial charge in [0.1, 0.15) is 21.3 Å². The van der Waals surface area contributed by atoms with Crippen LogP contribution < -0.4 is 31.6 Å². The van der Waals surface area contributed by atoms with Gasteiger partial charge in [-0.3, -0.25) is 9.59 Å². The number of nitrogens with two attached hydrogens (primary N) is 2. The maximum atomic E-state index is 12.9. The molecule has 0 atom stereocenters. The van der Waals surface area contributed by atoms with E-state index in [-0.39, 0.29) is 21.1 Å². The number of benzene rings is 2. The number of hydrogen-bond donors (Lipinski definition) is 4. The molecular weight excluding hydrogens is 519 g/mol. The molecule has 0 saturated carbocycles. The number of amides is 2. The van der Waals surface area contributed by atoms with Crippen LogP contribution in [0.3, 0.4) is 0 Å². The number of hydrogen-bond acceptors (Lipinski definition) is 8. The average Bonchev–Trinajstić information content (AvgIpc) is 3.32. The molecule has 34 heavy (non-hydrogen) atoms. The zero-order chi connectivity index (χ0) is 24.6. The number of ether oxygens (including phenoxy) is 2. The molecule has 12 heteroatoms. The van der Waals surface area contributed by atoms with Gasteiger partial charge in [0.05, 0.1) is 46.4 Å². The van der Waals surface area contributed by atoms with Gasteiger partial charge in [-0.15, -0.1) is 22.7 Å². The second kappa shape index (κ2) is 9.59. The lowest BCUT2D eigenvalue weighted by molar-refractivity contribution is 0.102. The molecular formula is C22H18Cl2N4O4S2. The summed E-state index contributed by atoms with van der Waals surface area (Å²) < 4.78 is 11.2. The maximum Gasteiger partial charge on any atom is 0.268 e. The molecule has 0 aliphatic carbocycles. The van der Waals surface area contributed by atoms with Gasteiger partial charge in [-0.2, -0.15) is 0 Å². The van der Waals surface area contributed by atoms with Crippen LogP contribution in [-0.2, 0) is 0 Å². The highest BCUT2D eigenvalue weighted by atomic mass is 35.5. The van der Waals surface area contributed by atoms with E-state index in [1.165, 1.54) is 14.2 Å². The van der Waals surface area contributed by atoms with Crippen LogP contribution >= 0.6 is 45.9 Å². The van der Waals surface area contributed by atoms with Crippen LogP contribution in [0.4, 0.5) is 22.7 Å². The zero-order valence-corrected chi connectivity index (χ0v) is 21.0. The lowest BCUT2D eigenvalue weighted by Gasteiger charge is -2.10.